The summed E-state index contributed by atoms with van der Waals surface area (Å²) in [4.78, 5) is 31.3. The number of hydrogen-bond acceptors (Lipinski definition) is 5. The number of fused-ring (bicyclic) bond motifs is 3. The Kier molecular flexibility index (Phi) is 2.53. The second-order valence-corrected chi connectivity index (χ2v) is 5.85. The normalized spacial score (nSPS) is 27.6. The fraction of sp³-hybridized carbons (Fsp3) is 0.615. The van der Waals surface area contributed by atoms with Crippen LogP contribution in [0.4, 0.5) is 5.95 Å². The van der Waals surface area contributed by atoms with Crippen molar-refractivity contribution in [2.75, 3.05) is 5.32 Å². The van der Waals surface area contributed by atoms with Gasteiger partial charge in [0.2, 0.25) is 5.95 Å². The number of nitrogens with one attached hydrogen (secondary N) is 2. The van der Waals surface area contributed by atoms with Crippen molar-refractivity contribution in [3.8, 4) is 0 Å². The molecule has 2 aliphatic rings. The molecule has 8 nitrogen and oxygen atoms in total. The highest BCUT2D eigenvalue weighted by Gasteiger charge is 2.41. The highest BCUT2D eigenvalue weighted by molar-refractivity contribution is 5.72. The predicted octanol–water partition coefficient (Wildman–Crippen LogP) is -0.308. The van der Waals surface area contributed by atoms with Gasteiger partial charge in [-0.25, -0.2) is 4.79 Å². The van der Waals surface area contributed by atoms with E-state index >= 15 is 0 Å². The number of ether oxygens (including phenoxy) is 1. The molecule has 4 heterocycles. The Hall–Kier alpha value is -2.09. The summed E-state index contributed by atoms with van der Waals surface area (Å²) in [5.41, 5.74) is -0.0347. The molecule has 8 heteroatoms. The van der Waals surface area contributed by atoms with Crippen molar-refractivity contribution in [1.29, 1.82) is 0 Å². The first-order chi connectivity index (χ1) is 10.0. The first kappa shape index (κ1) is 12.6. The van der Waals surface area contributed by atoms with Crippen molar-refractivity contribution < 1.29 is 4.74 Å². The maximum Gasteiger partial charge on any atom is 0.332 e. The standard InChI is InChI=1S/C13H17N5O3/c1-17-10-9(11(19)18(2)13(17)20)15-12(16-10)14-7-5-6-3-4-8(7)21-6/h6-8H,3-5H2,1-2H3,(H2,14,15,16). The van der Waals surface area contributed by atoms with Crippen LogP contribution in [-0.4, -0.2) is 37.4 Å². The second-order valence-electron chi connectivity index (χ2n) is 5.85. The molecule has 0 aliphatic carbocycles. The highest BCUT2D eigenvalue weighted by Crippen LogP contribution is 2.35. The largest absolute Gasteiger partial charge is 0.373 e. The van der Waals surface area contributed by atoms with Crippen molar-refractivity contribution in [2.45, 2.75) is 37.5 Å². The Bertz CT molecular complexity index is 833. The molecule has 112 valence electrons. The quantitative estimate of drug-likeness (QED) is 0.792. The summed E-state index contributed by atoms with van der Waals surface area (Å²) < 4.78 is 8.24. The van der Waals surface area contributed by atoms with Crippen molar-refractivity contribution in [2.24, 2.45) is 14.1 Å². The van der Waals surface area contributed by atoms with Crippen LogP contribution in [0.5, 0.6) is 0 Å². The summed E-state index contributed by atoms with van der Waals surface area (Å²) in [6, 6.07) is 0.213. The molecule has 2 aliphatic heterocycles. The van der Waals surface area contributed by atoms with Gasteiger partial charge in [-0.3, -0.25) is 13.9 Å². The number of imidazole rings is 1. The molecule has 2 fully saturated rings. The number of H-pyrrole nitrogens is 1. The fourth-order valence-electron chi connectivity index (χ4n) is 3.36. The third kappa shape index (κ3) is 1.75. The molecular weight excluding hydrogens is 274 g/mol. The van der Waals surface area contributed by atoms with Gasteiger partial charge in [0.25, 0.3) is 5.56 Å². The molecule has 4 rings (SSSR count). The lowest BCUT2D eigenvalue weighted by Gasteiger charge is -2.19. The van der Waals surface area contributed by atoms with Crippen molar-refractivity contribution in [1.82, 2.24) is 19.1 Å². The molecule has 2 saturated heterocycles. The lowest BCUT2D eigenvalue weighted by atomic mass is 9.96. The van der Waals surface area contributed by atoms with Gasteiger partial charge in [0.05, 0.1) is 18.2 Å². The monoisotopic (exact) mass is 291 g/mol. The van der Waals surface area contributed by atoms with E-state index < -0.39 is 0 Å². The summed E-state index contributed by atoms with van der Waals surface area (Å²) in [6.07, 6.45) is 3.70. The van der Waals surface area contributed by atoms with Gasteiger partial charge in [-0.05, 0) is 19.3 Å². The van der Waals surface area contributed by atoms with Crippen molar-refractivity contribution in [3.63, 3.8) is 0 Å². The number of aromatic nitrogens is 4. The third-order valence-electron chi connectivity index (χ3n) is 4.52. The zero-order chi connectivity index (χ0) is 14.7. The SMILES string of the molecule is Cn1c(=O)c2[nH]c(NC3CC4CCC3O4)nc2n(C)c1=O. The minimum atomic E-state index is -0.381. The van der Waals surface area contributed by atoms with Gasteiger partial charge < -0.3 is 15.0 Å². The molecule has 3 unspecified atom stereocenters. The molecule has 0 aromatic carbocycles. The molecular formula is C13H17N5O3. The highest BCUT2D eigenvalue weighted by atomic mass is 16.5. The number of aromatic amines is 1. The van der Waals surface area contributed by atoms with Crippen LogP contribution < -0.4 is 16.6 Å². The van der Waals surface area contributed by atoms with Gasteiger partial charge in [0.15, 0.2) is 11.2 Å². The maximum absolute atomic E-state index is 12.1. The van der Waals surface area contributed by atoms with E-state index in [1.54, 1.807) is 7.05 Å². The Morgan fingerprint density at radius 3 is 2.76 bits per heavy atom. The van der Waals surface area contributed by atoms with Gasteiger partial charge in [0, 0.05) is 14.1 Å². The van der Waals surface area contributed by atoms with Crippen LogP contribution in [0.15, 0.2) is 9.59 Å². The van der Waals surface area contributed by atoms with Gasteiger partial charge in [-0.15, -0.1) is 0 Å². The average molecular weight is 291 g/mol. The van der Waals surface area contributed by atoms with Crippen LogP contribution in [0.1, 0.15) is 19.3 Å². The van der Waals surface area contributed by atoms with Gasteiger partial charge in [0.1, 0.15) is 0 Å². The smallest absolute Gasteiger partial charge is 0.332 e. The van der Waals surface area contributed by atoms with Crippen LogP contribution in [0.3, 0.4) is 0 Å². The number of aryl methyl sites for hydroxylation is 1. The maximum atomic E-state index is 12.1. The van der Waals surface area contributed by atoms with Gasteiger partial charge in [-0.2, -0.15) is 4.98 Å². The molecule has 0 saturated carbocycles. The van der Waals surface area contributed by atoms with E-state index in [1.165, 1.54) is 11.6 Å². The first-order valence-corrected chi connectivity index (χ1v) is 7.12. The summed E-state index contributed by atoms with van der Waals surface area (Å²) in [5, 5.41) is 3.30. The molecule has 0 amide bonds. The Balaban J connectivity index is 1.74. The molecule has 0 spiro atoms. The Labute approximate surface area is 119 Å². The molecule has 2 aromatic rings. The van der Waals surface area contributed by atoms with E-state index in [9.17, 15) is 9.59 Å². The average Bonchev–Trinajstić information content (AvgIpc) is 3.17. The van der Waals surface area contributed by atoms with E-state index in [4.69, 9.17) is 4.74 Å². The van der Waals surface area contributed by atoms with E-state index in [0.29, 0.717) is 23.2 Å². The predicted molar refractivity (Wildman–Crippen MR) is 76.5 cm³/mol. The van der Waals surface area contributed by atoms with E-state index in [-0.39, 0.29) is 23.4 Å². The van der Waals surface area contributed by atoms with Crippen LogP contribution >= 0.6 is 0 Å². The van der Waals surface area contributed by atoms with Crippen LogP contribution in [0.25, 0.3) is 11.2 Å². The Morgan fingerprint density at radius 2 is 2.10 bits per heavy atom. The van der Waals surface area contributed by atoms with E-state index in [2.05, 4.69) is 15.3 Å². The second kappa shape index (κ2) is 4.20. The summed E-state index contributed by atoms with van der Waals surface area (Å²) in [7, 11) is 3.07. The number of hydrogen-bond donors (Lipinski definition) is 2. The first-order valence-electron chi connectivity index (χ1n) is 7.12. The molecule has 3 atom stereocenters. The van der Waals surface area contributed by atoms with Crippen LogP contribution in [0, 0.1) is 0 Å². The summed E-state index contributed by atoms with van der Waals surface area (Å²) in [5.74, 6) is 0.518. The lowest BCUT2D eigenvalue weighted by molar-refractivity contribution is 0.102. The van der Waals surface area contributed by atoms with Gasteiger partial charge >= 0.3 is 5.69 Å². The minimum Gasteiger partial charge on any atom is -0.373 e. The molecule has 21 heavy (non-hydrogen) atoms. The lowest BCUT2D eigenvalue weighted by Crippen LogP contribution is -2.36. The zero-order valence-corrected chi connectivity index (χ0v) is 11.9. The van der Waals surface area contributed by atoms with Gasteiger partial charge in [-0.1, -0.05) is 0 Å². The summed E-state index contributed by atoms with van der Waals surface area (Å²) >= 11 is 0. The summed E-state index contributed by atoms with van der Waals surface area (Å²) in [6.45, 7) is 0. The molecule has 2 bridgehead atoms. The zero-order valence-electron chi connectivity index (χ0n) is 11.9. The molecule has 0 radical (unpaired) electrons. The van der Waals surface area contributed by atoms with E-state index in [1.807, 2.05) is 0 Å². The fourth-order valence-corrected chi connectivity index (χ4v) is 3.36. The van der Waals surface area contributed by atoms with Crippen LogP contribution in [-0.2, 0) is 18.8 Å². The van der Waals surface area contributed by atoms with E-state index in [0.717, 1.165) is 23.8 Å². The molecule has 2 N–H and O–H groups in total. The molecule has 2 aromatic heterocycles. The van der Waals surface area contributed by atoms with Crippen molar-refractivity contribution >= 4 is 17.1 Å². The minimum absolute atomic E-state index is 0.213. The topological polar surface area (TPSA) is 93.9 Å². The third-order valence-corrected chi connectivity index (χ3v) is 4.52. The number of rotatable bonds is 2. The number of nitrogens with zero attached hydrogens (tertiary/aromatic N) is 3. The van der Waals surface area contributed by atoms with Crippen molar-refractivity contribution in [3.05, 3.63) is 20.8 Å². The number of anilines is 1. The Morgan fingerprint density at radius 1 is 1.29 bits per heavy atom. The van der Waals surface area contributed by atoms with Crippen LogP contribution in [0.2, 0.25) is 0 Å².